The van der Waals surface area contributed by atoms with E-state index < -0.39 is 5.82 Å². The Morgan fingerprint density at radius 2 is 1.65 bits per heavy atom. The number of nitrogens with zero attached hydrogens (tertiary/aromatic N) is 2. The molecule has 0 spiro atoms. The van der Waals surface area contributed by atoms with Gasteiger partial charge in [-0.25, -0.2) is 4.39 Å². The number of hydrogen-bond acceptors (Lipinski definition) is 5. The first-order valence-electron chi connectivity index (χ1n) is 10.8. The van der Waals surface area contributed by atoms with Gasteiger partial charge in [-0.15, -0.1) is 0 Å². The lowest BCUT2D eigenvalue weighted by molar-refractivity contribution is -0.123. The van der Waals surface area contributed by atoms with Gasteiger partial charge in [0.05, 0.1) is 17.7 Å². The summed E-state index contributed by atoms with van der Waals surface area (Å²) in [4.78, 5) is 40.8. The number of methoxy groups -OCH3 is 1. The summed E-state index contributed by atoms with van der Waals surface area (Å²) in [5.74, 6) is -0.599. The lowest BCUT2D eigenvalue weighted by Crippen LogP contribution is -2.50. The van der Waals surface area contributed by atoms with Gasteiger partial charge in [0, 0.05) is 37.8 Å². The minimum Gasteiger partial charge on any atom is -0.493 e. The van der Waals surface area contributed by atoms with Crippen molar-refractivity contribution in [3.05, 3.63) is 58.4 Å². The molecular formula is C24H27ClFN3O5. The number of halogens is 2. The first-order chi connectivity index (χ1) is 16.2. The maximum atomic E-state index is 13.3. The number of carbonyl (C=O) groups excluding carboxylic acids is 3. The molecule has 1 aliphatic rings. The third-order valence-electron chi connectivity index (χ3n) is 5.23. The van der Waals surface area contributed by atoms with E-state index in [0.717, 1.165) is 6.07 Å². The van der Waals surface area contributed by atoms with E-state index in [0.29, 0.717) is 43.2 Å². The Labute approximate surface area is 202 Å². The largest absolute Gasteiger partial charge is 0.493 e. The molecule has 1 aliphatic heterocycles. The topological polar surface area (TPSA) is 88.2 Å². The van der Waals surface area contributed by atoms with E-state index in [-0.39, 0.29) is 41.0 Å². The standard InChI is InChI=1S/C24H27ClFN3O5/c1-15(2)27-22(30)14-34-20-7-4-16(12-21(20)33-3)23(31)28-8-10-29(11-9-28)24(32)18-6-5-17(26)13-19(18)25/h4-7,12-13,15H,8-11,14H2,1-3H3,(H,27,30). The molecule has 0 bridgehead atoms. The minimum absolute atomic E-state index is 0.00132. The van der Waals surface area contributed by atoms with E-state index in [1.165, 1.54) is 19.2 Å². The summed E-state index contributed by atoms with van der Waals surface area (Å²) in [6.07, 6.45) is 0. The van der Waals surface area contributed by atoms with Gasteiger partial charge in [-0.05, 0) is 50.2 Å². The summed E-state index contributed by atoms with van der Waals surface area (Å²) in [5, 5.41) is 2.79. The number of rotatable bonds is 7. The van der Waals surface area contributed by atoms with E-state index in [4.69, 9.17) is 21.1 Å². The molecule has 10 heteroatoms. The Balaban J connectivity index is 1.61. The number of ether oxygens (including phenoxy) is 2. The predicted octanol–water partition coefficient (Wildman–Crippen LogP) is 2.99. The van der Waals surface area contributed by atoms with Crippen molar-refractivity contribution in [3.8, 4) is 11.5 Å². The Morgan fingerprint density at radius 3 is 2.24 bits per heavy atom. The van der Waals surface area contributed by atoms with Crippen molar-refractivity contribution < 1.29 is 28.2 Å². The van der Waals surface area contributed by atoms with Gasteiger partial charge in [0.15, 0.2) is 18.1 Å². The van der Waals surface area contributed by atoms with E-state index >= 15 is 0 Å². The van der Waals surface area contributed by atoms with Crippen LogP contribution in [0, 0.1) is 5.82 Å². The molecule has 2 aromatic rings. The monoisotopic (exact) mass is 491 g/mol. The summed E-state index contributed by atoms with van der Waals surface area (Å²) in [7, 11) is 1.45. The molecular weight excluding hydrogens is 465 g/mol. The van der Waals surface area contributed by atoms with Gasteiger partial charge in [-0.2, -0.15) is 0 Å². The van der Waals surface area contributed by atoms with E-state index in [9.17, 15) is 18.8 Å². The number of hydrogen-bond donors (Lipinski definition) is 1. The van der Waals surface area contributed by atoms with Gasteiger partial charge in [0.25, 0.3) is 17.7 Å². The van der Waals surface area contributed by atoms with Gasteiger partial charge >= 0.3 is 0 Å². The van der Waals surface area contributed by atoms with Crippen molar-refractivity contribution in [3.63, 3.8) is 0 Å². The average molecular weight is 492 g/mol. The minimum atomic E-state index is -0.511. The van der Waals surface area contributed by atoms with Crippen LogP contribution >= 0.6 is 11.6 Å². The molecule has 1 heterocycles. The van der Waals surface area contributed by atoms with Crippen LogP contribution in [0.5, 0.6) is 11.5 Å². The van der Waals surface area contributed by atoms with Gasteiger partial charge in [-0.1, -0.05) is 11.6 Å². The summed E-state index contributed by atoms with van der Waals surface area (Å²) in [6, 6.07) is 8.42. The Hall–Kier alpha value is -3.33. The summed E-state index contributed by atoms with van der Waals surface area (Å²) >= 11 is 6.01. The molecule has 0 atom stereocenters. The molecule has 3 rings (SSSR count). The zero-order chi connectivity index (χ0) is 24.8. The molecule has 0 radical (unpaired) electrons. The molecule has 1 saturated heterocycles. The van der Waals surface area contributed by atoms with Crippen LogP contribution in [0.2, 0.25) is 5.02 Å². The predicted molar refractivity (Wildman–Crippen MR) is 125 cm³/mol. The molecule has 8 nitrogen and oxygen atoms in total. The molecule has 34 heavy (non-hydrogen) atoms. The highest BCUT2D eigenvalue weighted by molar-refractivity contribution is 6.33. The van der Waals surface area contributed by atoms with E-state index in [1.807, 2.05) is 13.8 Å². The summed E-state index contributed by atoms with van der Waals surface area (Å²) < 4.78 is 24.1. The number of benzene rings is 2. The molecule has 1 N–H and O–H groups in total. The number of amides is 3. The molecule has 0 aromatic heterocycles. The number of carbonyl (C=O) groups is 3. The molecule has 3 amide bonds. The van der Waals surface area contributed by atoms with Crippen molar-refractivity contribution in [1.82, 2.24) is 15.1 Å². The summed E-state index contributed by atoms with van der Waals surface area (Å²) in [5.41, 5.74) is 0.627. The fraction of sp³-hybridized carbons (Fsp3) is 0.375. The van der Waals surface area contributed by atoms with Crippen LogP contribution in [-0.4, -0.2) is 73.5 Å². The van der Waals surface area contributed by atoms with Crippen LogP contribution in [0.15, 0.2) is 36.4 Å². The normalized spacial score (nSPS) is 13.6. The van der Waals surface area contributed by atoms with Crippen LogP contribution in [0.3, 0.4) is 0 Å². The molecule has 182 valence electrons. The second-order valence-corrected chi connectivity index (χ2v) is 8.49. The van der Waals surface area contributed by atoms with Crippen LogP contribution in [0.25, 0.3) is 0 Å². The zero-order valence-corrected chi connectivity index (χ0v) is 20.0. The van der Waals surface area contributed by atoms with Crippen LogP contribution < -0.4 is 14.8 Å². The van der Waals surface area contributed by atoms with Gasteiger partial charge < -0.3 is 24.6 Å². The fourth-order valence-electron chi connectivity index (χ4n) is 3.56. The first-order valence-corrected chi connectivity index (χ1v) is 11.2. The highest BCUT2D eigenvalue weighted by atomic mass is 35.5. The second kappa shape index (κ2) is 11.2. The third-order valence-corrected chi connectivity index (χ3v) is 5.55. The maximum absolute atomic E-state index is 13.3. The van der Waals surface area contributed by atoms with Gasteiger partial charge in [-0.3, -0.25) is 14.4 Å². The molecule has 0 aliphatic carbocycles. The Bertz CT molecular complexity index is 1070. The molecule has 2 aromatic carbocycles. The van der Waals surface area contributed by atoms with Crippen molar-refractivity contribution in [2.45, 2.75) is 19.9 Å². The van der Waals surface area contributed by atoms with Crippen LogP contribution in [0.4, 0.5) is 4.39 Å². The van der Waals surface area contributed by atoms with Crippen LogP contribution in [0.1, 0.15) is 34.6 Å². The SMILES string of the molecule is COc1cc(C(=O)N2CCN(C(=O)c3ccc(F)cc3Cl)CC2)ccc1OCC(=O)NC(C)C. The second-order valence-electron chi connectivity index (χ2n) is 8.09. The summed E-state index contributed by atoms with van der Waals surface area (Å²) in [6.45, 7) is 4.84. The maximum Gasteiger partial charge on any atom is 0.258 e. The molecule has 1 fully saturated rings. The Kier molecular flexibility index (Phi) is 8.33. The van der Waals surface area contributed by atoms with E-state index in [2.05, 4.69) is 5.32 Å². The Morgan fingerprint density at radius 1 is 1.00 bits per heavy atom. The van der Waals surface area contributed by atoms with Crippen LogP contribution in [-0.2, 0) is 4.79 Å². The molecule has 0 saturated carbocycles. The van der Waals surface area contributed by atoms with Crippen molar-refractivity contribution in [2.75, 3.05) is 39.9 Å². The van der Waals surface area contributed by atoms with Crippen molar-refractivity contribution in [1.29, 1.82) is 0 Å². The van der Waals surface area contributed by atoms with Crippen molar-refractivity contribution >= 4 is 29.3 Å². The highest BCUT2D eigenvalue weighted by Crippen LogP contribution is 2.29. The number of piperazine rings is 1. The lowest BCUT2D eigenvalue weighted by Gasteiger charge is -2.35. The highest BCUT2D eigenvalue weighted by Gasteiger charge is 2.27. The quantitative estimate of drug-likeness (QED) is 0.643. The number of nitrogens with one attached hydrogen (secondary N) is 1. The smallest absolute Gasteiger partial charge is 0.258 e. The van der Waals surface area contributed by atoms with E-state index in [1.54, 1.807) is 28.0 Å². The molecule has 0 unspecified atom stereocenters. The zero-order valence-electron chi connectivity index (χ0n) is 19.3. The van der Waals surface area contributed by atoms with Gasteiger partial charge in [0.2, 0.25) is 0 Å². The lowest BCUT2D eigenvalue weighted by atomic mass is 10.1. The fourth-order valence-corrected chi connectivity index (χ4v) is 3.80. The average Bonchev–Trinajstić information content (AvgIpc) is 2.81. The van der Waals surface area contributed by atoms with Crippen molar-refractivity contribution in [2.24, 2.45) is 0 Å². The first kappa shape index (κ1) is 25.3. The van der Waals surface area contributed by atoms with Gasteiger partial charge in [0.1, 0.15) is 5.82 Å². The third kappa shape index (κ3) is 6.17.